The summed E-state index contributed by atoms with van der Waals surface area (Å²) < 4.78 is 0. The van der Waals surface area contributed by atoms with Crippen molar-refractivity contribution in [3.8, 4) is 0 Å². The number of benzene rings is 1. The molecule has 2 nitrogen and oxygen atoms in total. The van der Waals surface area contributed by atoms with Crippen molar-refractivity contribution in [2.24, 2.45) is 0 Å². The number of rotatable bonds is 5. The number of amides is 1. The maximum atomic E-state index is 11.3. The Morgan fingerprint density at radius 2 is 2.13 bits per heavy atom. The van der Waals surface area contributed by atoms with E-state index in [9.17, 15) is 4.79 Å². The Balaban J connectivity index is 2.46. The molecule has 0 saturated heterocycles. The third-order valence-electron chi connectivity index (χ3n) is 2.11. The number of halogens is 1. The van der Waals surface area contributed by atoms with Crippen molar-refractivity contribution in [3.63, 3.8) is 0 Å². The molecule has 0 unspecified atom stereocenters. The van der Waals surface area contributed by atoms with Crippen molar-refractivity contribution in [2.45, 2.75) is 31.6 Å². The summed E-state index contributed by atoms with van der Waals surface area (Å²) in [6, 6.07) is 8.20. The summed E-state index contributed by atoms with van der Waals surface area (Å²) in [5.41, 5.74) is 2.38. The molecule has 0 radical (unpaired) electrons. The third-order valence-corrected chi connectivity index (χ3v) is 2.76. The van der Waals surface area contributed by atoms with Crippen LogP contribution >= 0.6 is 15.9 Å². The molecule has 1 rings (SSSR count). The summed E-state index contributed by atoms with van der Waals surface area (Å²) in [6.45, 7) is 2.63. The fourth-order valence-electron chi connectivity index (χ4n) is 1.34. The third kappa shape index (κ3) is 4.47. The second-order valence-corrected chi connectivity index (χ2v) is 4.04. The van der Waals surface area contributed by atoms with E-state index < -0.39 is 0 Å². The van der Waals surface area contributed by atoms with E-state index in [0.717, 1.165) is 17.3 Å². The molecule has 0 bridgehead atoms. The first-order chi connectivity index (χ1) is 7.26. The molecule has 1 N–H and O–H groups in total. The molecule has 1 amide bonds. The first-order valence-electron chi connectivity index (χ1n) is 5.16. The summed E-state index contributed by atoms with van der Waals surface area (Å²) in [6.07, 6.45) is 1.51. The van der Waals surface area contributed by atoms with Gasteiger partial charge in [0.05, 0.1) is 0 Å². The fraction of sp³-hybridized carbons (Fsp3) is 0.417. The predicted octanol–water partition coefficient (Wildman–Crippen LogP) is 3.00. The van der Waals surface area contributed by atoms with Crippen LogP contribution in [-0.2, 0) is 16.7 Å². The number of carbonyl (C=O) groups excluding carboxylic acids is 1. The van der Waals surface area contributed by atoms with Crippen LogP contribution in [-0.4, -0.2) is 5.91 Å². The van der Waals surface area contributed by atoms with Gasteiger partial charge in [-0.15, -0.1) is 0 Å². The maximum Gasteiger partial charge on any atom is 0.220 e. The lowest BCUT2D eigenvalue weighted by molar-refractivity contribution is -0.121. The average Bonchev–Trinajstić information content (AvgIpc) is 2.27. The molecule has 0 aliphatic carbocycles. The van der Waals surface area contributed by atoms with Gasteiger partial charge in [0.15, 0.2) is 0 Å². The first-order valence-corrected chi connectivity index (χ1v) is 6.29. The molecule has 0 spiro atoms. The highest BCUT2D eigenvalue weighted by molar-refractivity contribution is 9.08. The van der Waals surface area contributed by atoms with Crippen molar-refractivity contribution in [2.75, 3.05) is 0 Å². The van der Waals surface area contributed by atoms with E-state index >= 15 is 0 Å². The molecule has 0 saturated carbocycles. The van der Waals surface area contributed by atoms with Gasteiger partial charge in [0.2, 0.25) is 5.91 Å². The Morgan fingerprint density at radius 3 is 2.80 bits per heavy atom. The highest BCUT2D eigenvalue weighted by atomic mass is 79.9. The largest absolute Gasteiger partial charge is 0.352 e. The van der Waals surface area contributed by atoms with Crippen LogP contribution in [0.4, 0.5) is 0 Å². The van der Waals surface area contributed by atoms with Crippen molar-refractivity contribution in [1.82, 2.24) is 5.32 Å². The topological polar surface area (TPSA) is 29.1 Å². The minimum absolute atomic E-state index is 0.127. The van der Waals surface area contributed by atoms with Crippen molar-refractivity contribution in [1.29, 1.82) is 0 Å². The Kier molecular flexibility index (Phi) is 5.40. The minimum Gasteiger partial charge on any atom is -0.352 e. The summed E-state index contributed by atoms with van der Waals surface area (Å²) in [5, 5.41) is 3.75. The predicted molar refractivity (Wildman–Crippen MR) is 65.8 cm³/mol. The smallest absolute Gasteiger partial charge is 0.220 e. The van der Waals surface area contributed by atoms with E-state index in [2.05, 4.69) is 33.4 Å². The quantitative estimate of drug-likeness (QED) is 0.819. The zero-order valence-electron chi connectivity index (χ0n) is 8.92. The van der Waals surface area contributed by atoms with E-state index in [0.29, 0.717) is 13.0 Å². The highest BCUT2D eigenvalue weighted by Gasteiger charge is 1.99. The Bertz CT molecular complexity index is 325. The molecule has 0 aliphatic rings. The van der Waals surface area contributed by atoms with Crippen LogP contribution in [0.1, 0.15) is 30.9 Å². The zero-order chi connectivity index (χ0) is 11.1. The van der Waals surface area contributed by atoms with E-state index in [1.165, 1.54) is 5.56 Å². The van der Waals surface area contributed by atoms with Gasteiger partial charge >= 0.3 is 0 Å². The lowest BCUT2D eigenvalue weighted by Crippen LogP contribution is -2.22. The highest BCUT2D eigenvalue weighted by Crippen LogP contribution is 2.08. The Hall–Kier alpha value is -0.830. The molecule has 0 aliphatic heterocycles. The molecule has 3 heteroatoms. The normalized spacial score (nSPS) is 10.0. The van der Waals surface area contributed by atoms with Crippen LogP contribution in [0, 0.1) is 0 Å². The van der Waals surface area contributed by atoms with Gasteiger partial charge in [-0.3, -0.25) is 4.79 Å². The monoisotopic (exact) mass is 269 g/mol. The molecule has 0 heterocycles. The summed E-state index contributed by atoms with van der Waals surface area (Å²) >= 11 is 3.41. The van der Waals surface area contributed by atoms with Crippen LogP contribution in [0.25, 0.3) is 0 Å². The summed E-state index contributed by atoms with van der Waals surface area (Å²) in [7, 11) is 0. The van der Waals surface area contributed by atoms with Gasteiger partial charge < -0.3 is 5.32 Å². The summed E-state index contributed by atoms with van der Waals surface area (Å²) in [4.78, 5) is 11.3. The van der Waals surface area contributed by atoms with E-state index in [-0.39, 0.29) is 5.91 Å². The van der Waals surface area contributed by atoms with E-state index in [1.54, 1.807) is 0 Å². The molecule has 15 heavy (non-hydrogen) atoms. The van der Waals surface area contributed by atoms with Crippen LogP contribution < -0.4 is 5.32 Å². The SMILES string of the molecule is CCCC(=O)NCc1cccc(CBr)c1. The Labute approximate surface area is 99.2 Å². The number of nitrogens with one attached hydrogen (secondary N) is 1. The summed E-state index contributed by atoms with van der Waals surface area (Å²) in [5.74, 6) is 0.127. The zero-order valence-corrected chi connectivity index (χ0v) is 10.5. The van der Waals surface area contributed by atoms with Gasteiger partial charge in [0.25, 0.3) is 0 Å². The van der Waals surface area contributed by atoms with Gasteiger partial charge in [0.1, 0.15) is 0 Å². The molecular formula is C12H16BrNO. The van der Waals surface area contributed by atoms with Crippen LogP contribution in [0.2, 0.25) is 0 Å². The number of alkyl halides is 1. The molecule has 0 fully saturated rings. The van der Waals surface area contributed by atoms with Gasteiger partial charge in [0, 0.05) is 18.3 Å². The molecule has 82 valence electrons. The average molecular weight is 270 g/mol. The van der Waals surface area contributed by atoms with E-state index in [4.69, 9.17) is 0 Å². The van der Waals surface area contributed by atoms with Crippen molar-refractivity contribution >= 4 is 21.8 Å². The number of hydrogen-bond acceptors (Lipinski definition) is 1. The molecule has 1 aromatic rings. The van der Waals surface area contributed by atoms with Gasteiger partial charge in [-0.2, -0.15) is 0 Å². The fourth-order valence-corrected chi connectivity index (χ4v) is 1.69. The first kappa shape index (κ1) is 12.2. The minimum atomic E-state index is 0.127. The van der Waals surface area contributed by atoms with Crippen LogP contribution in [0.5, 0.6) is 0 Å². The van der Waals surface area contributed by atoms with Crippen molar-refractivity contribution < 1.29 is 4.79 Å². The maximum absolute atomic E-state index is 11.3. The molecule has 1 aromatic carbocycles. The van der Waals surface area contributed by atoms with Crippen molar-refractivity contribution in [3.05, 3.63) is 35.4 Å². The standard InChI is InChI=1S/C12H16BrNO/c1-2-4-12(15)14-9-11-6-3-5-10(7-11)8-13/h3,5-7H,2,4,8-9H2,1H3,(H,14,15). The lowest BCUT2D eigenvalue weighted by Gasteiger charge is -2.05. The second kappa shape index (κ2) is 6.62. The van der Waals surface area contributed by atoms with Crippen LogP contribution in [0.15, 0.2) is 24.3 Å². The van der Waals surface area contributed by atoms with Crippen LogP contribution in [0.3, 0.4) is 0 Å². The second-order valence-electron chi connectivity index (χ2n) is 3.48. The Morgan fingerprint density at radius 1 is 1.40 bits per heavy atom. The lowest BCUT2D eigenvalue weighted by atomic mass is 10.1. The van der Waals surface area contributed by atoms with Gasteiger partial charge in [-0.1, -0.05) is 47.1 Å². The van der Waals surface area contributed by atoms with Gasteiger partial charge in [-0.25, -0.2) is 0 Å². The van der Waals surface area contributed by atoms with E-state index in [1.807, 2.05) is 19.1 Å². The molecular weight excluding hydrogens is 254 g/mol. The number of carbonyl (C=O) groups is 1. The molecule has 0 atom stereocenters. The number of hydrogen-bond donors (Lipinski definition) is 1. The van der Waals surface area contributed by atoms with Gasteiger partial charge in [-0.05, 0) is 17.5 Å². The molecule has 0 aromatic heterocycles.